The molecule has 1 atom stereocenters. The van der Waals surface area contributed by atoms with Crippen LogP contribution in [0.2, 0.25) is 0 Å². The first kappa shape index (κ1) is 28.5. The number of para-hydroxylation sites is 1. The molecule has 0 bridgehead atoms. The summed E-state index contributed by atoms with van der Waals surface area (Å²) in [7, 11) is 2.60. The second-order valence-corrected chi connectivity index (χ2v) is 9.72. The van der Waals surface area contributed by atoms with E-state index in [0.717, 1.165) is 52.8 Å². The van der Waals surface area contributed by atoms with Gasteiger partial charge in [-0.05, 0) is 41.8 Å². The zero-order valence-corrected chi connectivity index (χ0v) is 23.3. The lowest BCUT2D eigenvalue weighted by Crippen LogP contribution is -2.16. The van der Waals surface area contributed by atoms with Gasteiger partial charge in [-0.3, -0.25) is 9.59 Å². The summed E-state index contributed by atoms with van der Waals surface area (Å²) in [4.78, 5) is 41.4. The largest absolute Gasteiger partial charge is 0.513 e. The number of rotatable bonds is 11. The molecular formula is C32H34N2O6. The zero-order valence-electron chi connectivity index (χ0n) is 23.3. The predicted molar refractivity (Wildman–Crippen MR) is 152 cm³/mol. The number of fused-ring (bicyclic) bond motifs is 1. The van der Waals surface area contributed by atoms with Crippen molar-refractivity contribution in [1.82, 2.24) is 9.55 Å². The van der Waals surface area contributed by atoms with Gasteiger partial charge in [0.1, 0.15) is 11.6 Å². The van der Waals surface area contributed by atoms with Gasteiger partial charge in [0.25, 0.3) is 0 Å². The molecule has 1 heterocycles. The van der Waals surface area contributed by atoms with Crippen LogP contribution in [0.15, 0.2) is 66.7 Å². The third kappa shape index (κ3) is 6.57. The van der Waals surface area contributed by atoms with Crippen molar-refractivity contribution in [3.63, 3.8) is 0 Å². The van der Waals surface area contributed by atoms with Crippen LogP contribution in [0.3, 0.4) is 0 Å². The third-order valence-electron chi connectivity index (χ3n) is 6.87. The number of aryl methyl sites for hydroxylation is 1. The smallest absolute Gasteiger partial charge is 0.469 e. The minimum Gasteiger partial charge on any atom is -0.469 e. The van der Waals surface area contributed by atoms with Crippen LogP contribution in [0, 0.1) is 5.92 Å². The van der Waals surface area contributed by atoms with Crippen molar-refractivity contribution in [1.29, 1.82) is 0 Å². The lowest BCUT2D eigenvalue weighted by Gasteiger charge is -2.13. The molecule has 0 radical (unpaired) electrons. The summed E-state index contributed by atoms with van der Waals surface area (Å²) in [5.74, 6) is 0.386. The number of carbonyl (C=O) groups excluding carboxylic acids is 3. The SMILES string of the molecule is CCCCc1nc2ccc(C(=O)C(C)CC(=O)OC)cc2n1Cc1ccc(-c2ccccc2OC(=O)OC)cc1. The van der Waals surface area contributed by atoms with Crippen LogP contribution in [0.4, 0.5) is 4.79 Å². The number of hydrogen-bond donors (Lipinski definition) is 0. The van der Waals surface area contributed by atoms with Gasteiger partial charge in [0.15, 0.2) is 5.78 Å². The molecule has 8 heteroatoms. The van der Waals surface area contributed by atoms with Crippen molar-refractivity contribution >= 4 is 28.9 Å². The van der Waals surface area contributed by atoms with Gasteiger partial charge in [0, 0.05) is 30.0 Å². The van der Waals surface area contributed by atoms with Crippen molar-refractivity contribution in [3.8, 4) is 16.9 Å². The lowest BCUT2D eigenvalue weighted by atomic mass is 9.96. The fourth-order valence-corrected chi connectivity index (χ4v) is 4.64. The van der Waals surface area contributed by atoms with Crippen LogP contribution in [-0.2, 0) is 27.2 Å². The first-order chi connectivity index (χ1) is 19.3. The summed E-state index contributed by atoms with van der Waals surface area (Å²) in [6, 6.07) is 20.9. The monoisotopic (exact) mass is 542 g/mol. The summed E-state index contributed by atoms with van der Waals surface area (Å²) in [6.45, 7) is 4.46. The van der Waals surface area contributed by atoms with E-state index in [1.54, 1.807) is 25.1 Å². The van der Waals surface area contributed by atoms with Crippen LogP contribution in [-0.4, -0.2) is 41.7 Å². The number of hydrogen-bond acceptors (Lipinski definition) is 7. The highest BCUT2D eigenvalue weighted by atomic mass is 16.7. The minimum atomic E-state index is -0.770. The first-order valence-corrected chi connectivity index (χ1v) is 13.4. The molecule has 40 heavy (non-hydrogen) atoms. The van der Waals surface area contributed by atoms with Crippen LogP contribution >= 0.6 is 0 Å². The number of benzene rings is 3. The molecule has 3 aromatic carbocycles. The molecule has 1 aromatic heterocycles. The van der Waals surface area contributed by atoms with Gasteiger partial charge in [-0.2, -0.15) is 0 Å². The maximum Gasteiger partial charge on any atom is 0.513 e. The number of ether oxygens (including phenoxy) is 3. The topological polar surface area (TPSA) is 96.7 Å². The maximum atomic E-state index is 13.1. The van der Waals surface area contributed by atoms with E-state index in [1.807, 2.05) is 48.5 Å². The number of unbranched alkanes of at least 4 members (excludes halogenated alkanes) is 1. The van der Waals surface area contributed by atoms with E-state index in [2.05, 4.69) is 16.2 Å². The third-order valence-corrected chi connectivity index (χ3v) is 6.87. The molecule has 0 aliphatic heterocycles. The van der Waals surface area contributed by atoms with Crippen molar-refractivity contribution in [2.45, 2.75) is 46.1 Å². The Hall–Kier alpha value is -4.46. The second kappa shape index (κ2) is 13.1. The highest BCUT2D eigenvalue weighted by molar-refractivity contribution is 6.01. The average Bonchev–Trinajstić information content (AvgIpc) is 3.32. The number of methoxy groups -OCH3 is 2. The standard InChI is InChI=1S/C32H34N2O6/c1-5-6-11-29-33-26-17-16-24(31(36)21(2)18-30(35)38-3)19-27(26)34(29)20-22-12-14-23(15-13-22)25-9-7-8-10-28(25)40-32(37)39-4/h7-10,12-17,19,21H,5-6,11,18,20H2,1-4H3. The molecule has 0 aliphatic carbocycles. The van der Waals surface area contributed by atoms with E-state index in [-0.39, 0.29) is 12.2 Å². The summed E-state index contributed by atoms with van der Waals surface area (Å²) in [6.07, 6.45) is 2.13. The average molecular weight is 543 g/mol. The normalized spacial score (nSPS) is 11.7. The highest BCUT2D eigenvalue weighted by Crippen LogP contribution is 2.31. The van der Waals surface area contributed by atoms with Gasteiger partial charge in [-0.1, -0.05) is 62.7 Å². The van der Waals surface area contributed by atoms with Gasteiger partial charge in [0.05, 0.1) is 31.7 Å². The molecule has 208 valence electrons. The number of aromatic nitrogens is 2. The molecule has 4 rings (SSSR count). The fourth-order valence-electron chi connectivity index (χ4n) is 4.64. The summed E-state index contributed by atoms with van der Waals surface area (Å²) in [5, 5.41) is 0. The first-order valence-electron chi connectivity index (χ1n) is 13.4. The summed E-state index contributed by atoms with van der Waals surface area (Å²) in [5.41, 5.74) is 4.99. The Balaban J connectivity index is 1.65. The van der Waals surface area contributed by atoms with E-state index in [4.69, 9.17) is 14.5 Å². The Bertz CT molecular complexity index is 1510. The Kier molecular flexibility index (Phi) is 9.32. The summed E-state index contributed by atoms with van der Waals surface area (Å²) < 4.78 is 16.9. The number of imidazole rings is 1. The Labute approximate surface area is 233 Å². The van der Waals surface area contributed by atoms with E-state index in [1.165, 1.54) is 14.2 Å². The van der Waals surface area contributed by atoms with Crippen molar-refractivity contribution in [3.05, 3.63) is 83.7 Å². The number of carbonyl (C=O) groups is 3. The number of nitrogens with zero attached hydrogens (tertiary/aromatic N) is 2. The molecule has 8 nitrogen and oxygen atoms in total. The second-order valence-electron chi connectivity index (χ2n) is 9.72. The highest BCUT2D eigenvalue weighted by Gasteiger charge is 2.21. The van der Waals surface area contributed by atoms with Gasteiger partial charge in [-0.25, -0.2) is 9.78 Å². The van der Waals surface area contributed by atoms with Gasteiger partial charge in [-0.15, -0.1) is 0 Å². The van der Waals surface area contributed by atoms with Crippen LogP contribution in [0.1, 0.15) is 54.9 Å². The number of esters is 1. The molecular weight excluding hydrogens is 508 g/mol. The lowest BCUT2D eigenvalue weighted by molar-refractivity contribution is -0.141. The maximum absolute atomic E-state index is 13.1. The van der Waals surface area contributed by atoms with Gasteiger partial charge >= 0.3 is 12.1 Å². The molecule has 4 aromatic rings. The van der Waals surface area contributed by atoms with Gasteiger partial charge in [0.2, 0.25) is 0 Å². The molecule has 0 N–H and O–H groups in total. The molecule has 0 amide bonds. The Morgan fingerprint density at radius 2 is 1.70 bits per heavy atom. The van der Waals surface area contributed by atoms with Gasteiger partial charge < -0.3 is 18.8 Å². The molecule has 0 saturated carbocycles. The number of Topliss-reactive ketones (excluding diaryl/α,β-unsaturated/α-hetero) is 1. The van der Waals surface area contributed by atoms with Crippen molar-refractivity contribution in [2.75, 3.05) is 14.2 Å². The van der Waals surface area contributed by atoms with Crippen molar-refractivity contribution in [2.24, 2.45) is 5.92 Å². The summed E-state index contributed by atoms with van der Waals surface area (Å²) >= 11 is 0. The molecule has 1 unspecified atom stereocenters. The zero-order chi connectivity index (χ0) is 28.6. The molecule has 0 aliphatic rings. The van der Waals surface area contributed by atoms with E-state index in [0.29, 0.717) is 17.9 Å². The predicted octanol–water partition coefficient (Wildman–Crippen LogP) is 6.62. The van der Waals surface area contributed by atoms with E-state index in [9.17, 15) is 14.4 Å². The Morgan fingerprint density at radius 3 is 2.40 bits per heavy atom. The Morgan fingerprint density at radius 1 is 0.950 bits per heavy atom. The molecule has 0 spiro atoms. The molecule has 0 saturated heterocycles. The fraction of sp³-hybridized carbons (Fsp3) is 0.312. The molecule has 0 fully saturated rings. The van der Waals surface area contributed by atoms with E-state index >= 15 is 0 Å². The van der Waals surface area contributed by atoms with Crippen LogP contribution in [0.25, 0.3) is 22.2 Å². The van der Waals surface area contributed by atoms with Crippen LogP contribution < -0.4 is 4.74 Å². The van der Waals surface area contributed by atoms with E-state index < -0.39 is 18.0 Å². The minimum absolute atomic E-state index is 0.0362. The number of ketones is 1. The van der Waals surface area contributed by atoms with Crippen LogP contribution in [0.5, 0.6) is 5.75 Å². The van der Waals surface area contributed by atoms with Crippen molar-refractivity contribution < 1.29 is 28.6 Å². The quantitative estimate of drug-likeness (QED) is 0.119.